The first-order valence-electron chi connectivity index (χ1n) is 6.91. The zero-order valence-electron chi connectivity index (χ0n) is 11.7. The molecule has 0 atom stereocenters. The minimum Gasteiger partial charge on any atom is -0.478 e. The van der Waals surface area contributed by atoms with Crippen molar-refractivity contribution in [2.45, 2.75) is 13.3 Å². The molecule has 1 N–H and O–H groups in total. The third-order valence-corrected chi connectivity index (χ3v) is 3.60. The maximum atomic E-state index is 11.5. The van der Waals surface area contributed by atoms with Crippen LogP contribution in [0.1, 0.15) is 22.8 Å². The fraction of sp³-hybridized carbons (Fsp3) is 0.111. The van der Waals surface area contributed by atoms with Gasteiger partial charge in [0.2, 0.25) is 0 Å². The highest BCUT2D eigenvalue weighted by atomic mass is 16.4. The Bertz CT molecular complexity index is 807. The molecule has 3 rings (SSSR count). The number of hydrogen-bond donors (Lipinski definition) is 1. The number of fused-ring (bicyclic) bond motifs is 1. The molecule has 104 valence electrons. The second-order valence-electron chi connectivity index (χ2n) is 4.93. The zero-order chi connectivity index (χ0) is 14.8. The van der Waals surface area contributed by atoms with Gasteiger partial charge in [-0.15, -0.1) is 0 Å². The molecule has 1 heterocycles. The molecule has 3 nitrogen and oxygen atoms in total. The van der Waals surface area contributed by atoms with Crippen molar-refractivity contribution in [1.29, 1.82) is 0 Å². The maximum Gasteiger partial charge on any atom is 0.336 e. The average molecular weight is 277 g/mol. The molecule has 0 saturated heterocycles. The number of nitrogens with zero attached hydrogens (tertiary/aromatic N) is 1. The number of carboxylic acids is 1. The van der Waals surface area contributed by atoms with Crippen molar-refractivity contribution >= 4 is 16.9 Å². The Morgan fingerprint density at radius 2 is 1.81 bits per heavy atom. The normalized spacial score (nSPS) is 10.7. The van der Waals surface area contributed by atoms with Crippen molar-refractivity contribution < 1.29 is 9.90 Å². The smallest absolute Gasteiger partial charge is 0.336 e. The van der Waals surface area contributed by atoms with Gasteiger partial charge in [-0.05, 0) is 24.1 Å². The number of carboxylic acid groups (broad SMARTS) is 1. The third-order valence-electron chi connectivity index (χ3n) is 3.60. The first kappa shape index (κ1) is 13.3. The summed E-state index contributed by atoms with van der Waals surface area (Å²) in [4.78, 5) is 16.1. The highest BCUT2D eigenvalue weighted by Crippen LogP contribution is 2.25. The predicted molar refractivity (Wildman–Crippen MR) is 83.5 cm³/mol. The van der Waals surface area contributed by atoms with E-state index in [1.165, 1.54) is 5.56 Å². The van der Waals surface area contributed by atoms with Crippen LogP contribution in [0.3, 0.4) is 0 Å². The average Bonchev–Trinajstić information content (AvgIpc) is 2.53. The van der Waals surface area contributed by atoms with Gasteiger partial charge in [0.15, 0.2) is 0 Å². The molecule has 0 aliphatic carbocycles. The van der Waals surface area contributed by atoms with Crippen molar-refractivity contribution in [3.05, 3.63) is 65.7 Å². The number of hydrogen-bond acceptors (Lipinski definition) is 2. The van der Waals surface area contributed by atoms with Gasteiger partial charge >= 0.3 is 5.97 Å². The minimum atomic E-state index is -0.931. The van der Waals surface area contributed by atoms with Crippen LogP contribution in [0.25, 0.3) is 22.2 Å². The van der Waals surface area contributed by atoms with Crippen molar-refractivity contribution in [1.82, 2.24) is 4.98 Å². The molecule has 0 saturated carbocycles. The van der Waals surface area contributed by atoms with E-state index in [4.69, 9.17) is 0 Å². The molecule has 0 aliphatic heterocycles. The van der Waals surface area contributed by atoms with Gasteiger partial charge in [-0.3, -0.25) is 0 Å². The number of benzene rings is 2. The largest absolute Gasteiger partial charge is 0.478 e. The van der Waals surface area contributed by atoms with E-state index in [2.05, 4.69) is 11.9 Å². The highest BCUT2D eigenvalue weighted by molar-refractivity contribution is 6.03. The molecule has 1 aromatic heterocycles. The molecular formula is C18H15NO2. The van der Waals surface area contributed by atoms with Crippen molar-refractivity contribution in [3.63, 3.8) is 0 Å². The Morgan fingerprint density at radius 3 is 2.48 bits per heavy atom. The van der Waals surface area contributed by atoms with Crippen molar-refractivity contribution in [3.8, 4) is 11.3 Å². The number of rotatable bonds is 3. The molecule has 3 heteroatoms. The van der Waals surface area contributed by atoms with E-state index in [1.54, 1.807) is 12.1 Å². The topological polar surface area (TPSA) is 50.2 Å². The number of para-hydroxylation sites is 1. The lowest BCUT2D eigenvalue weighted by molar-refractivity contribution is 0.0699. The Labute approximate surface area is 122 Å². The third kappa shape index (κ3) is 2.50. The molecule has 0 bridgehead atoms. The SMILES string of the molecule is CCc1ccc(-c2cc(C(=O)O)c3ccccc3n2)cc1. The van der Waals surface area contributed by atoms with Crippen LogP contribution in [0.5, 0.6) is 0 Å². The quantitative estimate of drug-likeness (QED) is 0.782. The Balaban J connectivity index is 2.20. The first-order valence-corrected chi connectivity index (χ1v) is 6.91. The maximum absolute atomic E-state index is 11.5. The summed E-state index contributed by atoms with van der Waals surface area (Å²) in [6.45, 7) is 2.10. The molecule has 0 amide bonds. The predicted octanol–water partition coefficient (Wildman–Crippen LogP) is 4.16. The summed E-state index contributed by atoms with van der Waals surface area (Å²) in [6, 6.07) is 17.0. The summed E-state index contributed by atoms with van der Waals surface area (Å²) in [5.74, 6) is -0.931. The van der Waals surface area contributed by atoms with E-state index < -0.39 is 5.97 Å². The Kier molecular flexibility index (Phi) is 3.40. The summed E-state index contributed by atoms with van der Waals surface area (Å²) in [6.07, 6.45) is 0.978. The molecule has 0 unspecified atom stereocenters. The second-order valence-corrected chi connectivity index (χ2v) is 4.93. The van der Waals surface area contributed by atoms with Crippen molar-refractivity contribution in [2.24, 2.45) is 0 Å². The summed E-state index contributed by atoms with van der Waals surface area (Å²) >= 11 is 0. The number of aryl methyl sites for hydroxylation is 1. The van der Waals surface area contributed by atoms with Crippen LogP contribution in [0, 0.1) is 0 Å². The molecule has 0 aliphatic rings. The number of aromatic carboxylic acids is 1. The summed E-state index contributed by atoms with van der Waals surface area (Å²) < 4.78 is 0. The fourth-order valence-corrected chi connectivity index (χ4v) is 2.41. The van der Waals surface area contributed by atoms with E-state index in [0.717, 1.165) is 12.0 Å². The number of carbonyl (C=O) groups is 1. The zero-order valence-corrected chi connectivity index (χ0v) is 11.7. The van der Waals surface area contributed by atoms with E-state index >= 15 is 0 Å². The summed E-state index contributed by atoms with van der Waals surface area (Å²) in [7, 11) is 0. The van der Waals surface area contributed by atoms with E-state index in [1.807, 2.05) is 42.5 Å². The van der Waals surface area contributed by atoms with Gasteiger partial charge in [0.05, 0.1) is 16.8 Å². The van der Waals surface area contributed by atoms with Gasteiger partial charge in [-0.25, -0.2) is 9.78 Å². The van der Waals surface area contributed by atoms with Gasteiger partial charge in [0, 0.05) is 10.9 Å². The Morgan fingerprint density at radius 1 is 1.10 bits per heavy atom. The lowest BCUT2D eigenvalue weighted by Crippen LogP contribution is -2.00. The molecule has 0 spiro atoms. The van der Waals surface area contributed by atoms with Crippen molar-refractivity contribution in [2.75, 3.05) is 0 Å². The molecular weight excluding hydrogens is 262 g/mol. The number of aromatic nitrogens is 1. The molecule has 0 radical (unpaired) electrons. The van der Waals surface area contributed by atoms with E-state index in [-0.39, 0.29) is 5.56 Å². The minimum absolute atomic E-state index is 0.287. The van der Waals surface area contributed by atoms with Crippen LogP contribution in [0.2, 0.25) is 0 Å². The lowest BCUT2D eigenvalue weighted by atomic mass is 10.0. The van der Waals surface area contributed by atoms with Crippen LogP contribution < -0.4 is 0 Å². The first-order chi connectivity index (χ1) is 10.2. The second kappa shape index (κ2) is 5.37. The van der Waals surface area contributed by atoms with Crippen LogP contribution in [0.4, 0.5) is 0 Å². The van der Waals surface area contributed by atoms with Gasteiger partial charge in [0.1, 0.15) is 0 Å². The molecule has 21 heavy (non-hydrogen) atoms. The van der Waals surface area contributed by atoms with E-state index in [9.17, 15) is 9.90 Å². The molecule has 2 aromatic carbocycles. The van der Waals surface area contributed by atoms with Gasteiger partial charge in [-0.1, -0.05) is 49.4 Å². The standard InChI is InChI=1S/C18H15NO2/c1-2-12-7-9-13(10-8-12)17-11-15(18(20)21)14-5-3-4-6-16(14)19-17/h3-11H,2H2,1H3,(H,20,21). The lowest BCUT2D eigenvalue weighted by Gasteiger charge is -2.07. The van der Waals surface area contributed by atoms with Crippen LogP contribution in [0.15, 0.2) is 54.6 Å². The summed E-state index contributed by atoms with van der Waals surface area (Å²) in [5, 5.41) is 10.1. The van der Waals surface area contributed by atoms with Crippen LogP contribution in [-0.2, 0) is 6.42 Å². The highest BCUT2D eigenvalue weighted by Gasteiger charge is 2.12. The summed E-state index contributed by atoms with van der Waals surface area (Å²) in [5.41, 5.74) is 3.86. The van der Waals surface area contributed by atoms with Gasteiger partial charge < -0.3 is 5.11 Å². The fourth-order valence-electron chi connectivity index (χ4n) is 2.41. The van der Waals surface area contributed by atoms with Crippen LogP contribution >= 0.6 is 0 Å². The number of pyridine rings is 1. The van der Waals surface area contributed by atoms with E-state index in [0.29, 0.717) is 16.6 Å². The van der Waals surface area contributed by atoms with Gasteiger partial charge in [-0.2, -0.15) is 0 Å². The molecule has 0 fully saturated rings. The Hall–Kier alpha value is -2.68. The molecule has 3 aromatic rings. The van der Waals surface area contributed by atoms with Gasteiger partial charge in [0.25, 0.3) is 0 Å². The van der Waals surface area contributed by atoms with Crippen LogP contribution in [-0.4, -0.2) is 16.1 Å². The monoisotopic (exact) mass is 277 g/mol.